The van der Waals surface area contributed by atoms with E-state index in [-0.39, 0.29) is 17.0 Å². The van der Waals surface area contributed by atoms with Crippen LogP contribution in [0.2, 0.25) is 5.02 Å². The summed E-state index contributed by atoms with van der Waals surface area (Å²) in [6.07, 6.45) is 7.36. The van der Waals surface area contributed by atoms with Crippen LogP contribution in [-0.2, 0) is 13.0 Å². The number of hydrogen-bond acceptors (Lipinski definition) is 3. The summed E-state index contributed by atoms with van der Waals surface area (Å²) in [4.78, 5) is 12.6. The Morgan fingerprint density at radius 2 is 2.10 bits per heavy atom. The van der Waals surface area contributed by atoms with Gasteiger partial charge < -0.3 is 0 Å². The third-order valence-electron chi connectivity index (χ3n) is 5.24. The minimum Gasteiger partial charge on any atom is -0.294 e. The number of rotatable bonds is 7. The van der Waals surface area contributed by atoms with Gasteiger partial charge in [0.2, 0.25) is 0 Å². The van der Waals surface area contributed by atoms with Crippen molar-refractivity contribution in [2.45, 2.75) is 32.1 Å². The van der Waals surface area contributed by atoms with E-state index in [1.165, 1.54) is 15.4 Å². The molecule has 0 bridgehead atoms. The molecule has 0 spiro atoms. The first-order chi connectivity index (χ1) is 14.2. The predicted molar refractivity (Wildman–Crippen MR) is 112 cm³/mol. The molecule has 8 heteroatoms. The molecule has 1 aromatic carbocycles. The SMILES string of the molecule is C=Cc1c(C(C)(F)F)nn(C)c1-n1cc(-c2ccc(Cl)c(C(=O)CC3CC3)c2)cn1. The Morgan fingerprint density at radius 1 is 1.37 bits per heavy atom. The Hall–Kier alpha value is -2.80. The quantitative estimate of drug-likeness (QED) is 0.454. The lowest BCUT2D eigenvalue weighted by molar-refractivity contribution is 0.0120. The van der Waals surface area contributed by atoms with E-state index in [0.717, 1.165) is 30.9 Å². The van der Waals surface area contributed by atoms with Gasteiger partial charge in [0.1, 0.15) is 5.69 Å². The summed E-state index contributed by atoms with van der Waals surface area (Å²) < 4.78 is 30.7. The van der Waals surface area contributed by atoms with E-state index >= 15 is 0 Å². The average Bonchev–Trinajstić information content (AvgIpc) is 3.23. The van der Waals surface area contributed by atoms with Crippen LogP contribution in [0.1, 0.15) is 47.8 Å². The van der Waals surface area contributed by atoms with Crippen molar-refractivity contribution in [3.63, 3.8) is 0 Å². The Labute approximate surface area is 178 Å². The van der Waals surface area contributed by atoms with Gasteiger partial charge >= 0.3 is 0 Å². The molecule has 0 radical (unpaired) electrons. The largest absolute Gasteiger partial charge is 0.294 e. The second-order valence-electron chi connectivity index (χ2n) is 7.74. The second kappa shape index (κ2) is 7.47. The summed E-state index contributed by atoms with van der Waals surface area (Å²) in [6.45, 7) is 4.46. The molecule has 1 aliphatic carbocycles. The second-order valence-corrected chi connectivity index (χ2v) is 8.15. The summed E-state index contributed by atoms with van der Waals surface area (Å²) in [6, 6.07) is 5.27. The number of hydrogen-bond donors (Lipinski definition) is 0. The minimum absolute atomic E-state index is 0.0344. The van der Waals surface area contributed by atoms with Gasteiger partial charge in [-0.3, -0.25) is 4.79 Å². The highest BCUT2D eigenvalue weighted by Gasteiger charge is 2.33. The minimum atomic E-state index is -3.11. The zero-order valence-corrected chi connectivity index (χ0v) is 17.5. The predicted octanol–water partition coefficient (Wildman–Crippen LogP) is 5.66. The molecule has 0 saturated heterocycles. The maximum Gasteiger partial charge on any atom is 0.289 e. The van der Waals surface area contributed by atoms with E-state index in [1.807, 2.05) is 0 Å². The van der Waals surface area contributed by atoms with Gasteiger partial charge in [-0.05, 0) is 36.5 Å². The summed E-state index contributed by atoms with van der Waals surface area (Å²) >= 11 is 6.25. The van der Waals surface area contributed by atoms with E-state index in [1.54, 1.807) is 37.6 Å². The lowest BCUT2D eigenvalue weighted by Crippen LogP contribution is -2.10. The van der Waals surface area contributed by atoms with Crippen LogP contribution in [0.15, 0.2) is 37.2 Å². The Bertz CT molecular complexity index is 1140. The Balaban J connectivity index is 1.71. The molecule has 156 valence electrons. The molecule has 2 aromatic heterocycles. The summed E-state index contributed by atoms with van der Waals surface area (Å²) in [5.41, 5.74) is 1.86. The van der Waals surface area contributed by atoms with E-state index in [0.29, 0.717) is 28.7 Å². The maximum atomic E-state index is 13.9. The number of carbonyl (C=O) groups is 1. The first-order valence-corrected chi connectivity index (χ1v) is 10.0. The fourth-order valence-corrected chi connectivity index (χ4v) is 3.74. The van der Waals surface area contributed by atoms with Crippen molar-refractivity contribution >= 4 is 23.5 Å². The van der Waals surface area contributed by atoms with Crippen LogP contribution in [0.4, 0.5) is 8.78 Å². The third kappa shape index (κ3) is 3.81. The number of benzene rings is 1. The molecule has 1 fully saturated rings. The van der Waals surface area contributed by atoms with Crippen molar-refractivity contribution in [3.8, 4) is 16.9 Å². The highest BCUT2D eigenvalue weighted by atomic mass is 35.5. The molecule has 5 nitrogen and oxygen atoms in total. The molecular weight excluding hydrogens is 410 g/mol. The van der Waals surface area contributed by atoms with Crippen molar-refractivity contribution in [2.75, 3.05) is 0 Å². The normalized spacial score (nSPS) is 14.2. The fraction of sp³-hybridized carbons (Fsp3) is 0.318. The van der Waals surface area contributed by atoms with E-state index < -0.39 is 5.92 Å². The number of Topliss-reactive ketones (excluding diaryl/α,β-unsaturated/α-hetero) is 1. The Morgan fingerprint density at radius 3 is 2.73 bits per heavy atom. The number of alkyl halides is 2. The third-order valence-corrected chi connectivity index (χ3v) is 5.57. The van der Waals surface area contributed by atoms with Gasteiger partial charge in [-0.2, -0.15) is 19.0 Å². The van der Waals surface area contributed by atoms with Gasteiger partial charge in [0, 0.05) is 43.3 Å². The lowest BCUT2D eigenvalue weighted by Gasteiger charge is -2.08. The van der Waals surface area contributed by atoms with Crippen LogP contribution in [0.3, 0.4) is 0 Å². The lowest BCUT2D eigenvalue weighted by atomic mass is 10.0. The molecule has 0 unspecified atom stereocenters. The number of halogens is 3. The van der Waals surface area contributed by atoms with E-state index in [9.17, 15) is 13.6 Å². The molecule has 30 heavy (non-hydrogen) atoms. The van der Waals surface area contributed by atoms with Gasteiger partial charge in [-0.1, -0.05) is 30.3 Å². The smallest absolute Gasteiger partial charge is 0.289 e. The molecule has 2 heterocycles. The first kappa shape index (κ1) is 20.5. The maximum absolute atomic E-state index is 13.9. The summed E-state index contributed by atoms with van der Waals surface area (Å²) in [5.74, 6) is -2.23. The van der Waals surface area contributed by atoms with Crippen LogP contribution in [0.5, 0.6) is 0 Å². The van der Waals surface area contributed by atoms with Gasteiger partial charge in [0.15, 0.2) is 11.6 Å². The standard InChI is InChI=1S/C22H21ClF2N4O/c1-4-16-20(22(2,24)25)27-28(3)21(16)29-12-15(11-26-29)14-7-8-18(23)17(10-14)19(30)9-13-5-6-13/h4,7-8,10-13H,1,5-6,9H2,2-3H3. The average molecular weight is 431 g/mol. The zero-order chi connectivity index (χ0) is 21.6. The number of aromatic nitrogens is 4. The highest BCUT2D eigenvalue weighted by molar-refractivity contribution is 6.34. The summed E-state index contributed by atoms with van der Waals surface area (Å²) in [5, 5.41) is 8.72. The number of nitrogens with zero attached hydrogens (tertiary/aromatic N) is 4. The van der Waals surface area contributed by atoms with Gasteiger partial charge in [0.25, 0.3) is 5.92 Å². The van der Waals surface area contributed by atoms with Crippen LogP contribution in [-0.4, -0.2) is 25.3 Å². The van der Waals surface area contributed by atoms with Gasteiger partial charge in [0.05, 0.1) is 11.2 Å². The number of carbonyl (C=O) groups excluding carboxylic acids is 1. The molecule has 4 rings (SSSR count). The monoisotopic (exact) mass is 430 g/mol. The number of aryl methyl sites for hydroxylation is 1. The van der Waals surface area contributed by atoms with Crippen molar-refractivity contribution in [1.82, 2.24) is 19.6 Å². The van der Waals surface area contributed by atoms with Crippen molar-refractivity contribution in [1.29, 1.82) is 0 Å². The molecule has 0 aliphatic heterocycles. The van der Waals surface area contributed by atoms with Crippen molar-refractivity contribution in [2.24, 2.45) is 13.0 Å². The van der Waals surface area contributed by atoms with Gasteiger partial charge in [-0.15, -0.1) is 0 Å². The molecular formula is C22H21ClF2N4O. The van der Waals surface area contributed by atoms with E-state index in [4.69, 9.17) is 11.6 Å². The number of ketones is 1. The molecule has 0 amide bonds. The molecule has 0 atom stereocenters. The van der Waals surface area contributed by atoms with Crippen LogP contribution < -0.4 is 0 Å². The molecule has 1 aliphatic rings. The topological polar surface area (TPSA) is 52.7 Å². The fourth-order valence-electron chi connectivity index (χ4n) is 3.52. The molecule has 3 aromatic rings. The Kier molecular flexibility index (Phi) is 5.10. The van der Waals surface area contributed by atoms with E-state index in [2.05, 4.69) is 16.8 Å². The van der Waals surface area contributed by atoms with Crippen molar-refractivity contribution in [3.05, 3.63) is 59.0 Å². The zero-order valence-electron chi connectivity index (χ0n) is 16.7. The highest BCUT2D eigenvalue weighted by Crippen LogP contribution is 2.36. The van der Waals surface area contributed by atoms with Crippen LogP contribution in [0.25, 0.3) is 23.0 Å². The van der Waals surface area contributed by atoms with Crippen molar-refractivity contribution < 1.29 is 13.6 Å². The summed E-state index contributed by atoms with van der Waals surface area (Å²) in [7, 11) is 1.58. The molecule has 1 saturated carbocycles. The molecule has 0 N–H and O–H groups in total. The van der Waals surface area contributed by atoms with Gasteiger partial charge in [-0.25, -0.2) is 9.36 Å². The van der Waals surface area contributed by atoms with Crippen LogP contribution in [0, 0.1) is 5.92 Å². The van der Waals surface area contributed by atoms with Crippen LogP contribution >= 0.6 is 11.6 Å². The first-order valence-electron chi connectivity index (χ1n) is 9.65.